The Balaban J connectivity index is 1.06. The van der Waals surface area contributed by atoms with Gasteiger partial charge in [0.1, 0.15) is 17.3 Å². The van der Waals surface area contributed by atoms with Crippen molar-refractivity contribution in [3.05, 3.63) is 87.5 Å². The minimum atomic E-state index is -0.534. The lowest BCUT2D eigenvalue weighted by molar-refractivity contribution is -0.0792. The first-order valence-electron chi connectivity index (χ1n) is 17.3. The lowest BCUT2D eigenvalue weighted by Gasteiger charge is -2.47. The molecule has 8 rings (SSSR count). The Morgan fingerprint density at radius 2 is 1.88 bits per heavy atom. The maximum Gasteiger partial charge on any atom is 0.274 e. The van der Waals surface area contributed by atoms with Crippen LogP contribution in [0, 0.1) is 5.82 Å². The molecule has 3 aromatic heterocycles. The van der Waals surface area contributed by atoms with Gasteiger partial charge in [-0.2, -0.15) is 0 Å². The van der Waals surface area contributed by atoms with Gasteiger partial charge in [-0.25, -0.2) is 9.37 Å². The average Bonchev–Trinajstić information content (AvgIpc) is 3.47. The molecule has 0 aliphatic carbocycles. The molecule has 49 heavy (non-hydrogen) atoms. The van der Waals surface area contributed by atoms with E-state index >= 15 is 4.39 Å². The van der Waals surface area contributed by atoms with Gasteiger partial charge in [0, 0.05) is 80.9 Å². The van der Waals surface area contributed by atoms with Gasteiger partial charge in [-0.05, 0) is 68.1 Å². The van der Waals surface area contributed by atoms with E-state index < -0.39 is 12.4 Å². The van der Waals surface area contributed by atoms with Gasteiger partial charge in [-0.3, -0.25) is 14.5 Å². The standard InChI is InChI=1S/C37H42FN7O4/c1-23-18-42(11-12-43(23)28-21-49-22-28)27-6-7-35(39-17-27)40-32-13-24(19-41(2)37(32)48)29-14-25(38)15-34(31(29)20-46)45-10-8-33-30(36(45)47)16-26-5-3-4-9-44(26)33/h6-7,13-17,19,23,28,46H,3-5,8-12,18,20-22H2,1-2H3,(H,39,40)/t23-/m1/s1. The molecule has 0 spiro atoms. The fraction of sp³-hybridized carbons (Fsp3) is 0.432. The van der Waals surface area contributed by atoms with Gasteiger partial charge in [0.25, 0.3) is 11.5 Å². The topological polar surface area (TPSA) is 108 Å². The number of pyridine rings is 2. The average molecular weight is 668 g/mol. The number of aliphatic hydroxyl groups excluding tert-OH is 1. The van der Waals surface area contributed by atoms with Gasteiger partial charge < -0.3 is 34.1 Å². The van der Waals surface area contributed by atoms with Crippen LogP contribution >= 0.6 is 0 Å². The van der Waals surface area contributed by atoms with Crippen LogP contribution in [-0.2, 0) is 37.8 Å². The highest BCUT2D eigenvalue weighted by Crippen LogP contribution is 2.37. The van der Waals surface area contributed by atoms with E-state index in [-0.39, 0.29) is 17.2 Å². The third-order valence-electron chi connectivity index (χ3n) is 10.7. The highest BCUT2D eigenvalue weighted by atomic mass is 19.1. The molecule has 1 atom stereocenters. The molecule has 4 aliphatic heterocycles. The van der Waals surface area contributed by atoms with Crippen molar-refractivity contribution in [2.75, 3.05) is 54.5 Å². The molecular formula is C37H42FN7O4. The Bertz CT molecular complexity index is 1970. The maximum atomic E-state index is 15.4. The number of rotatable bonds is 7. The summed E-state index contributed by atoms with van der Waals surface area (Å²) in [5, 5.41) is 13.8. The van der Waals surface area contributed by atoms with Crippen LogP contribution < -0.4 is 20.7 Å². The number of benzene rings is 1. The fourth-order valence-electron chi connectivity index (χ4n) is 8.04. The van der Waals surface area contributed by atoms with E-state index in [2.05, 4.69) is 31.6 Å². The maximum absolute atomic E-state index is 15.4. The summed E-state index contributed by atoms with van der Waals surface area (Å²) in [6.07, 6.45) is 7.24. The Labute approximate surface area is 284 Å². The number of fused-ring (bicyclic) bond motifs is 3. The molecule has 0 unspecified atom stereocenters. The van der Waals surface area contributed by atoms with Gasteiger partial charge >= 0.3 is 0 Å². The quantitative estimate of drug-likeness (QED) is 0.304. The number of aryl methyl sites for hydroxylation is 2. The molecule has 0 bridgehead atoms. The molecule has 2 N–H and O–H groups in total. The van der Waals surface area contributed by atoms with Crippen molar-refractivity contribution in [2.24, 2.45) is 7.05 Å². The fourth-order valence-corrected chi connectivity index (χ4v) is 8.04. The Morgan fingerprint density at radius 1 is 1.02 bits per heavy atom. The summed E-state index contributed by atoms with van der Waals surface area (Å²) in [6, 6.07) is 11.1. The zero-order valence-electron chi connectivity index (χ0n) is 28.0. The van der Waals surface area contributed by atoms with E-state index in [4.69, 9.17) is 4.74 Å². The van der Waals surface area contributed by atoms with Crippen LogP contribution in [0.3, 0.4) is 0 Å². The van der Waals surface area contributed by atoms with Crippen molar-refractivity contribution in [1.82, 2.24) is 19.0 Å². The van der Waals surface area contributed by atoms with Crippen LogP contribution in [0.5, 0.6) is 0 Å². The Hall–Kier alpha value is -4.52. The summed E-state index contributed by atoms with van der Waals surface area (Å²) in [5.41, 5.74) is 5.59. The number of hydrogen-bond donors (Lipinski definition) is 2. The molecule has 2 fully saturated rings. The smallest absolute Gasteiger partial charge is 0.274 e. The van der Waals surface area contributed by atoms with Crippen LogP contribution in [0.1, 0.15) is 47.1 Å². The van der Waals surface area contributed by atoms with Gasteiger partial charge in [0.05, 0.1) is 49.0 Å². The lowest BCUT2D eigenvalue weighted by atomic mass is 9.96. The van der Waals surface area contributed by atoms with Gasteiger partial charge in [-0.15, -0.1) is 0 Å². The van der Waals surface area contributed by atoms with Crippen molar-refractivity contribution >= 4 is 28.8 Å². The minimum Gasteiger partial charge on any atom is -0.392 e. The first-order valence-corrected chi connectivity index (χ1v) is 17.3. The zero-order chi connectivity index (χ0) is 33.8. The second-order valence-corrected chi connectivity index (χ2v) is 13.7. The molecule has 1 amide bonds. The van der Waals surface area contributed by atoms with Crippen LogP contribution in [0.4, 0.5) is 27.3 Å². The summed E-state index contributed by atoms with van der Waals surface area (Å²) < 4.78 is 24.5. The molecule has 7 heterocycles. The van der Waals surface area contributed by atoms with E-state index in [1.54, 1.807) is 24.2 Å². The van der Waals surface area contributed by atoms with Crippen molar-refractivity contribution in [3.8, 4) is 11.1 Å². The number of piperazine rings is 1. The van der Waals surface area contributed by atoms with Crippen LogP contribution in [0.2, 0.25) is 0 Å². The molecule has 0 saturated carbocycles. The van der Waals surface area contributed by atoms with Crippen molar-refractivity contribution in [1.29, 1.82) is 0 Å². The summed E-state index contributed by atoms with van der Waals surface area (Å²) in [7, 11) is 1.63. The molecule has 4 aliphatic rings. The molecule has 4 aromatic rings. The number of ether oxygens (including phenoxy) is 1. The summed E-state index contributed by atoms with van der Waals surface area (Å²) in [4.78, 5) is 38.2. The number of nitrogens with one attached hydrogen (secondary N) is 1. The number of halogens is 1. The number of amides is 1. The summed E-state index contributed by atoms with van der Waals surface area (Å²) >= 11 is 0. The largest absolute Gasteiger partial charge is 0.392 e. The van der Waals surface area contributed by atoms with Crippen LogP contribution in [-0.4, -0.2) is 81.5 Å². The highest BCUT2D eigenvalue weighted by Gasteiger charge is 2.34. The number of nitrogens with zero attached hydrogens (tertiary/aromatic N) is 6. The van der Waals surface area contributed by atoms with E-state index in [1.807, 2.05) is 24.4 Å². The zero-order valence-corrected chi connectivity index (χ0v) is 28.0. The van der Waals surface area contributed by atoms with Gasteiger partial charge in [0.2, 0.25) is 0 Å². The summed E-state index contributed by atoms with van der Waals surface area (Å²) in [5.74, 6) is -0.214. The second-order valence-electron chi connectivity index (χ2n) is 13.7. The van der Waals surface area contributed by atoms with Crippen molar-refractivity contribution in [2.45, 2.75) is 57.8 Å². The molecular weight excluding hydrogens is 625 g/mol. The number of carbonyl (C=O) groups is 1. The number of carbonyl (C=O) groups excluding carboxylic acids is 1. The lowest BCUT2D eigenvalue weighted by Crippen LogP contribution is -2.60. The van der Waals surface area contributed by atoms with E-state index in [0.29, 0.717) is 58.8 Å². The van der Waals surface area contributed by atoms with E-state index in [0.717, 1.165) is 70.0 Å². The predicted molar refractivity (Wildman–Crippen MR) is 186 cm³/mol. The van der Waals surface area contributed by atoms with Crippen molar-refractivity contribution < 1.29 is 19.0 Å². The first-order chi connectivity index (χ1) is 23.8. The Kier molecular flexibility index (Phi) is 8.25. The predicted octanol–water partition coefficient (Wildman–Crippen LogP) is 4.07. The number of aliphatic hydroxyl groups is 1. The molecule has 12 heteroatoms. The number of aromatic nitrogens is 3. The first kappa shape index (κ1) is 31.7. The van der Waals surface area contributed by atoms with Crippen molar-refractivity contribution in [3.63, 3.8) is 0 Å². The Morgan fingerprint density at radius 3 is 2.61 bits per heavy atom. The normalized spacial score (nSPS) is 19.8. The minimum absolute atomic E-state index is 0.184. The number of anilines is 4. The second kappa shape index (κ2) is 12.7. The highest BCUT2D eigenvalue weighted by molar-refractivity contribution is 6.09. The molecule has 0 radical (unpaired) electrons. The number of hydrogen-bond acceptors (Lipinski definition) is 8. The third-order valence-corrected chi connectivity index (χ3v) is 10.7. The third kappa shape index (κ3) is 5.71. The molecule has 256 valence electrons. The summed E-state index contributed by atoms with van der Waals surface area (Å²) in [6.45, 7) is 7.52. The monoisotopic (exact) mass is 667 g/mol. The van der Waals surface area contributed by atoms with E-state index in [9.17, 15) is 14.7 Å². The van der Waals surface area contributed by atoms with Gasteiger partial charge in [-0.1, -0.05) is 0 Å². The molecule has 2 saturated heterocycles. The van der Waals surface area contributed by atoms with E-state index in [1.165, 1.54) is 22.4 Å². The van der Waals surface area contributed by atoms with Crippen LogP contribution in [0.25, 0.3) is 11.1 Å². The van der Waals surface area contributed by atoms with Gasteiger partial charge in [0.15, 0.2) is 0 Å². The molecule has 11 nitrogen and oxygen atoms in total. The molecule has 1 aromatic carbocycles. The SMILES string of the molecule is C[C@@H]1CN(c2ccc(Nc3cc(-c4cc(F)cc(N5CCc6c(cc7n6CCCC7)C5=O)c4CO)cn(C)c3=O)nc2)CCN1C1COC1. The van der Waals surface area contributed by atoms with Crippen LogP contribution in [0.15, 0.2) is 53.6 Å².